The number of carbonyl (C=O) groups is 1. The van der Waals surface area contributed by atoms with E-state index in [4.69, 9.17) is 4.74 Å². The standard InChI is InChI=1S/C15H16BrFO2S/c16-13-2-1-11(17)7-12(13)14(18)10-3-5-19-15(8-10)4-6-20-9-15/h1-2,7,10H,3-6,8-9H2. The molecule has 2 unspecified atom stereocenters. The summed E-state index contributed by atoms with van der Waals surface area (Å²) in [5.74, 6) is 1.69. The Kier molecular flexibility index (Phi) is 4.20. The molecule has 2 aliphatic heterocycles. The number of rotatable bonds is 2. The van der Waals surface area contributed by atoms with Gasteiger partial charge in [-0.25, -0.2) is 4.39 Å². The van der Waals surface area contributed by atoms with Crippen molar-refractivity contribution >= 4 is 33.5 Å². The number of hydrogen-bond donors (Lipinski definition) is 0. The number of carbonyl (C=O) groups excluding carboxylic acids is 1. The number of thioether (sulfide) groups is 1. The molecule has 2 atom stereocenters. The third-order valence-corrected chi connectivity index (χ3v) is 6.04. The van der Waals surface area contributed by atoms with E-state index in [1.54, 1.807) is 6.07 Å². The van der Waals surface area contributed by atoms with E-state index in [1.807, 2.05) is 11.8 Å². The van der Waals surface area contributed by atoms with Gasteiger partial charge < -0.3 is 4.74 Å². The highest BCUT2D eigenvalue weighted by molar-refractivity contribution is 9.10. The van der Waals surface area contributed by atoms with E-state index in [0.717, 1.165) is 30.8 Å². The first-order valence-corrected chi connectivity index (χ1v) is 8.75. The zero-order valence-electron chi connectivity index (χ0n) is 11.0. The van der Waals surface area contributed by atoms with Crippen LogP contribution in [0.25, 0.3) is 0 Å². The minimum absolute atomic E-state index is 0.0379. The quantitative estimate of drug-likeness (QED) is 0.745. The molecule has 0 aliphatic carbocycles. The Bertz CT molecular complexity index is 529. The predicted octanol–water partition coefficient (Wildman–Crippen LogP) is 4.07. The summed E-state index contributed by atoms with van der Waals surface area (Å²) in [6.45, 7) is 0.629. The summed E-state index contributed by atoms with van der Waals surface area (Å²) in [5, 5.41) is 0. The van der Waals surface area contributed by atoms with Gasteiger partial charge >= 0.3 is 0 Å². The first-order valence-electron chi connectivity index (χ1n) is 6.81. The molecule has 0 aromatic heterocycles. The van der Waals surface area contributed by atoms with E-state index >= 15 is 0 Å². The van der Waals surface area contributed by atoms with Gasteiger partial charge in [-0.3, -0.25) is 4.79 Å². The number of hydrogen-bond acceptors (Lipinski definition) is 3. The summed E-state index contributed by atoms with van der Waals surface area (Å²) in [6, 6.07) is 4.29. The molecule has 0 N–H and O–H groups in total. The lowest BCUT2D eigenvalue weighted by Crippen LogP contribution is -2.42. The van der Waals surface area contributed by atoms with Gasteiger partial charge in [0.2, 0.25) is 0 Å². The van der Waals surface area contributed by atoms with Gasteiger partial charge in [-0.1, -0.05) is 15.9 Å². The number of halogens is 2. The van der Waals surface area contributed by atoms with Crippen LogP contribution in [0.2, 0.25) is 0 Å². The number of ketones is 1. The van der Waals surface area contributed by atoms with Gasteiger partial charge in [0.05, 0.1) is 5.60 Å². The van der Waals surface area contributed by atoms with Crippen molar-refractivity contribution in [3.8, 4) is 0 Å². The highest BCUT2D eigenvalue weighted by atomic mass is 79.9. The molecule has 3 rings (SSSR count). The molecule has 2 nitrogen and oxygen atoms in total. The van der Waals surface area contributed by atoms with Crippen molar-refractivity contribution in [2.75, 3.05) is 18.1 Å². The lowest BCUT2D eigenvalue weighted by molar-refractivity contribution is -0.0734. The average Bonchev–Trinajstić information content (AvgIpc) is 2.88. The van der Waals surface area contributed by atoms with Crippen molar-refractivity contribution < 1.29 is 13.9 Å². The molecule has 1 spiro atoms. The van der Waals surface area contributed by atoms with Gasteiger partial charge in [-0.2, -0.15) is 11.8 Å². The summed E-state index contributed by atoms with van der Waals surface area (Å²) in [4.78, 5) is 12.7. The van der Waals surface area contributed by atoms with Crippen LogP contribution in [-0.4, -0.2) is 29.5 Å². The molecular weight excluding hydrogens is 343 g/mol. The SMILES string of the molecule is O=C(c1cc(F)ccc1Br)C1CCOC2(CCSC2)C1. The number of benzene rings is 1. The third-order valence-electron chi connectivity index (χ3n) is 4.12. The second-order valence-electron chi connectivity index (χ2n) is 5.51. The van der Waals surface area contributed by atoms with Crippen LogP contribution in [-0.2, 0) is 4.74 Å². The van der Waals surface area contributed by atoms with Crippen LogP contribution in [0.3, 0.4) is 0 Å². The molecular formula is C15H16BrFO2S. The predicted molar refractivity (Wildman–Crippen MR) is 81.8 cm³/mol. The van der Waals surface area contributed by atoms with Crippen molar-refractivity contribution in [1.82, 2.24) is 0 Å². The summed E-state index contributed by atoms with van der Waals surface area (Å²) in [5.41, 5.74) is 0.334. The van der Waals surface area contributed by atoms with Crippen molar-refractivity contribution in [1.29, 1.82) is 0 Å². The Labute approximate surface area is 130 Å². The fraction of sp³-hybridized carbons (Fsp3) is 0.533. The van der Waals surface area contributed by atoms with Crippen LogP contribution in [0.1, 0.15) is 29.6 Å². The molecule has 2 fully saturated rings. The zero-order valence-corrected chi connectivity index (χ0v) is 13.4. The minimum atomic E-state index is -0.366. The molecule has 1 aromatic rings. The first kappa shape index (κ1) is 14.5. The fourth-order valence-electron chi connectivity index (χ4n) is 3.02. The van der Waals surface area contributed by atoms with Gasteiger partial charge in [0.15, 0.2) is 5.78 Å². The molecule has 0 amide bonds. The van der Waals surface area contributed by atoms with Gasteiger partial charge in [0.25, 0.3) is 0 Å². The topological polar surface area (TPSA) is 26.3 Å². The third kappa shape index (κ3) is 2.81. The molecule has 0 bridgehead atoms. The Balaban J connectivity index is 1.81. The average molecular weight is 359 g/mol. The van der Waals surface area contributed by atoms with Crippen LogP contribution < -0.4 is 0 Å². The van der Waals surface area contributed by atoms with Crippen molar-refractivity contribution in [3.05, 3.63) is 34.1 Å². The van der Waals surface area contributed by atoms with Gasteiger partial charge in [-0.15, -0.1) is 0 Å². The van der Waals surface area contributed by atoms with Crippen LogP contribution in [0.4, 0.5) is 4.39 Å². The molecule has 2 saturated heterocycles. The zero-order chi connectivity index (χ0) is 14.2. The first-order chi connectivity index (χ1) is 9.60. The van der Waals surface area contributed by atoms with E-state index in [0.29, 0.717) is 16.6 Å². The maximum atomic E-state index is 13.4. The van der Waals surface area contributed by atoms with E-state index < -0.39 is 0 Å². The maximum Gasteiger partial charge on any atom is 0.167 e. The molecule has 2 heterocycles. The highest BCUT2D eigenvalue weighted by Gasteiger charge is 2.42. The number of ether oxygens (including phenoxy) is 1. The van der Waals surface area contributed by atoms with Gasteiger partial charge in [0.1, 0.15) is 5.82 Å². The lowest BCUT2D eigenvalue weighted by atomic mass is 9.81. The van der Waals surface area contributed by atoms with E-state index in [9.17, 15) is 9.18 Å². The normalized spacial score (nSPS) is 29.8. The second kappa shape index (κ2) is 5.78. The van der Waals surface area contributed by atoms with Crippen LogP contribution in [0.15, 0.2) is 22.7 Å². The Morgan fingerprint density at radius 3 is 3.10 bits per heavy atom. The highest BCUT2D eigenvalue weighted by Crippen LogP contribution is 2.41. The van der Waals surface area contributed by atoms with Crippen molar-refractivity contribution in [2.45, 2.75) is 24.9 Å². The van der Waals surface area contributed by atoms with E-state index in [-0.39, 0.29) is 23.1 Å². The maximum absolute atomic E-state index is 13.4. The molecule has 108 valence electrons. The lowest BCUT2D eigenvalue weighted by Gasteiger charge is -2.37. The smallest absolute Gasteiger partial charge is 0.167 e. The van der Waals surface area contributed by atoms with Crippen LogP contribution in [0, 0.1) is 11.7 Å². The molecule has 2 aliphatic rings. The Hall–Kier alpha value is -0.390. The van der Waals surface area contributed by atoms with Gasteiger partial charge in [0, 0.05) is 28.3 Å². The molecule has 20 heavy (non-hydrogen) atoms. The number of Topliss-reactive ketones (excluding diaryl/α,β-unsaturated/α-hetero) is 1. The largest absolute Gasteiger partial charge is 0.374 e. The molecule has 0 saturated carbocycles. The minimum Gasteiger partial charge on any atom is -0.374 e. The molecule has 5 heteroatoms. The van der Waals surface area contributed by atoms with Crippen LogP contribution >= 0.6 is 27.7 Å². The summed E-state index contributed by atoms with van der Waals surface area (Å²) >= 11 is 5.24. The molecule has 0 radical (unpaired) electrons. The second-order valence-corrected chi connectivity index (χ2v) is 7.47. The summed E-state index contributed by atoms with van der Waals surface area (Å²) < 4.78 is 20.0. The monoisotopic (exact) mass is 358 g/mol. The van der Waals surface area contributed by atoms with Gasteiger partial charge in [-0.05, 0) is 43.2 Å². The molecule has 1 aromatic carbocycles. The Morgan fingerprint density at radius 2 is 2.35 bits per heavy atom. The van der Waals surface area contributed by atoms with Crippen LogP contribution in [0.5, 0.6) is 0 Å². The van der Waals surface area contributed by atoms with E-state index in [2.05, 4.69) is 15.9 Å². The fourth-order valence-corrected chi connectivity index (χ4v) is 4.84. The Morgan fingerprint density at radius 1 is 1.50 bits per heavy atom. The summed E-state index contributed by atoms with van der Waals surface area (Å²) in [7, 11) is 0. The summed E-state index contributed by atoms with van der Waals surface area (Å²) in [6.07, 6.45) is 2.52. The van der Waals surface area contributed by atoms with Crippen molar-refractivity contribution in [2.24, 2.45) is 5.92 Å². The van der Waals surface area contributed by atoms with Crippen molar-refractivity contribution in [3.63, 3.8) is 0 Å². The van der Waals surface area contributed by atoms with E-state index in [1.165, 1.54) is 12.1 Å².